The summed E-state index contributed by atoms with van der Waals surface area (Å²) < 4.78 is 4.39. The molecule has 0 radical (unpaired) electrons. The fourth-order valence-corrected chi connectivity index (χ4v) is 0.513. The van der Waals surface area contributed by atoms with Crippen molar-refractivity contribution >= 4 is 5.97 Å². The van der Waals surface area contributed by atoms with Crippen molar-refractivity contribution in [2.75, 3.05) is 7.11 Å². The van der Waals surface area contributed by atoms with Crippen molar-refractivity contribution < 1.29 is 9.53 Å². The minimum atomic E-state index is -0.416. The molecule has 0 fully saturated rings. The number of ether oxygens (including phenoxy) is 1. The molecule has 0 aromatic heterocycles. The van der Waals surface area contributed by atoms with Crippen LogP contribution >= 0.6 is 0 Å². The van der Waals surface area contributed by atoms with Crippen molar-refractivity contribution in [2.45, 2.75) is 0 Å². The van der Waals surface area contributed by atoms with E-state index in [4.69, 9.17) is 5.73 Å². The number of allylic oxidation sites excluding steroid dienone is 4. The lowest BCUT2D eigenvalue weighted by atomic mass is 10.2. The molecule has 3 heteroatoms. The third-order valence-corrected chi connectivity index (χ3v) is 1.15. The molecule has 0 atom stereocenters. The molecule has 0 amide bonds. The SMILES string of the molecule is C=C(N)/C=C\C(=C)/C=C/C(=O)OC. The molecule has 0 heterocycles. The number of carbonyl (C=O) groups excluding carboxylic acids is 1. The molecule has 0 aromatic carbocycles. The Morgan fingerprint density at radius 3 is 2.23 bits per heavy atom. The number of rotatable bonds is 4. The van der Waals surface area contributed by atoms with Gasteiger partial charge in [-0.25, -0.2) is 4.79 Å². The second-order valence-electron chi connectivity index (χ2n) is 2.34. The standard InChI is InChI=1S/C10H13NO2/c1-8(4-6-9(2)11)5-7-10(12)13-3/h4-7H,1-2,11H2,3H3/b6-4-,7-5+. The van der Waals surface area contributed by atoms with Gasteiger partial charge in [0.25, 0.3) is 0 Å². The lowest BCUT2D eigenvalue weighted by Crippen LogP contribution is -1.93. The summed E-state index contributed by atoms with van der Waals surface area (Å²) in [7, 11) is 1.31. The average molecular weight is 179 g/mol. The van der Waals surface area contributed by atoms with Crippen LogP contribution in [0.1, 0.15) is 0 Å². The van der Waals surface area contributed by atoms with Gasteiger partial charge in [-0.15, -0.1) is 0 Å². The predicted molar refractivity (Wildman–Crippen MR) is 52.8 cm³/mol. The Morgan fingerprint density at radius 2 is 1.77 bits per heavy atom. The first kappa shape index (κ1) is 11.2. The molecule has 0 unspecified atom stereocenters. The summed E-state index contributed by atoms with van der Waals surface area (Å²) in [5, 5.41) is 0. The molecule has 13 heavy (non-hydrogen) atoms. The van der Waals surface area contributed by atoms with Gasteiger partial charge in [0.15, 0.2) is 0 Å². The molecule has 70 valence electrons. The van der Waals surface area contributed by atoms with Crippen molar-refractivity contribution in [2.24, 2.45) is 5.73 Å². The summed E-state index contributed by atoms with van der Waals surface area (Å²) in [5.74, 6) is -0.416. The maximum atomic E-state index is 10.6. The van der Waals surface area contributed by atoms with E-state index in [2.05, 4.69) is 17.9 Å². The van der Waals surface area contributed by atoms with Gasteiger partial charge in [0, 0.05) is 11.8 Å². The highest BCUT2D eigenvalue weighted by Crippen LogP contribution is 1.97. The molecular formula is C10H13NO2. The van der Waals surface area contributed by atoms with Crippen LogP contribution in [-0.4, -0.2) is 13.1 Å². The van der Waals surface area contributed by atoms with Crippen LogP contribution in [0.5, 0.6) is 0 Å². The molecule has 0 aliphatic carbocycles. The van der Waals surface area contributed by atoms with Crippen molar-refractivity contribution in [1.29, 1.82) is 0 Å². The lowest BCUT2D eigenvalue weighted by molar-refractivity contribution is -0.134. The molecule has 0 spiro atoms. The number of hydrogen-bond donors (Lipinski definition) is 1. The van der Waals surface area contributed by atoms with Gasteiger partial charge in [0.2, 0.25) is 0 Å². The Labute approximate surface area is 77.9 Å². The highest BCUT2D eigenvalue weighted by atomic mass is 16.5. The van der Waals surface area contributed by atoms with Gasteiger partial charge >= 0.3 is 5.97 Å². The molecule has 3 nitrogen and oxygen atoms in total. The zero-order valence-corrected chi connectivity index (χ0v) is 7.62. The maximum Gasteiger partial charge on any atom is 0.330 e. The first-order valence-corrected chi connectivity index (χ1v) is 3.63. The van der Waals surface area contributed by atoms with Crippen molar-refractivity contribution in [3.8, 4) is 0 Å². The largest absolute Gasteiger partial charge is 0.466 e. The van der Waals surface area contributed by atoms with Gasteiger partial charge in [0.1, 0.15) is 0 Å². The first-order chi connectivity index (χ1) is 6.06. The first-order valence-electron chi connectivity index (χ1n) is 3.63. The highest BCUT2D eigenvalue weighted by Gasteiger charge is 1.89. The normalized spacial score (nSPS) is 10.5. The molecule has 0 rings (SSSR count). The van der Waals surface area contributed by atoms with Crippen LogP contribution in [-0.2, 0) is 9.53 Å². The number of esters is 1. The van der Waals surface area contributed by atoms with Gasteiger partial charge in [-0.3, -0.25) is 0 Å². The van der Waals surface area contributed by atoms with Crippen molar-refractivity contribution in [3.05, 3.63) is 48.7 Å². The van der Waals surface area contributed by atoms with Crippen LogP contribution in [0.3, 0.4) is 0 Å². The molecule has 0 aliphatic rings. The molecule has 0 aliphatic heterocycles. The van der Waals surface area contributed by atoms with E-state index in [1.165, 1.54) is 19.3 Å². The van der Waals surface area contributed by atoms with Gasteiger partial charge < -0.3 is 10.5 Å². The number of carbonyl (C=O) groups is 1. The van der Waals surface area contributed by atoms with E-state index in [1.807, 2.05) is 0 Å². The van der Waals surface area contributed by atoms with Crippen molar-refractivity contribution in [3.63, 3.8) is 0 Å². The molecule has 0 bridgehead atoms. The summed E-state index contributed by atoms with van der Waals surface area (Å²) in [6, 6.07) is 0. The van der Waals surface area contributed by atoms with Gasteiger partial charge in [0.05, 0.1) is 7.11 Å². The Balaban J connectivity index is 4.09. The number of methoxy groups -OCH3 is 1. The van der Waals surface area contributed by atoms with Crippen LogP contribution in [0.4, 0.5) is 0 Å². The fourth-order valence-electron chi connectivity index (χ4n) is 0.513. The van der Waals surface area contributed by atoms with E-state index in [0.29, 0.717) is 11.3 Å². The fraction of sp³-hybridized carbons (Fsp3) is 0.100. The molecule has 2 N–H and O–H groups in total. The summed E-state index contributed by atoms with van der Waals surface area (Å²) in [6.07, 6.45) is 6.07. The lowest BCUT2D eigenvalue weighted by Gasteiger charge is -1.91. The van der Waals surface area contributed by atoms with Crippen molar-refractivity contribution in [1.82, 2.24) is 0 Å². The van der Waals surface area contributed by atoms with Crippen LogP contribution in [0.25, 0.3) is 0 Å². The second-order valence-corrected chi connectivity index (χ2v) is 2.34. The van der Waals surface area contributed by atoms with E-state index < -0.39 is 5.97 Å². The van der Waals surface area contributed by atoms with Gasteiger partial charge in [-0.05, 0) is 17.7 Å². The Morgan fingerprint density at radius 1 is 1.23 bits per heavy atom. The third kappa shape index (κ3) is 6.62. The molecular weight excluding hydrogens is 166 g/mol. The van der Waals surface area contributed by atoms with E-state index >= 15 is 0 Å². The second kappa shape index (κ2) is 5.83. The Kier molecular flexibility index (Phi) is 5.03. The smallest absolute Gasteiger partial charge is 0.330 e. The summed E-state index contributed by atoms with van der Waals surface area (Å²) in [5.41, 5.74) is 6.37. The maximum absolute atomic E-state index is 10.6. The molecule has 0 saturated heterocycles. The quantitative estimate of drug-likeness (QED) is 0.402. The zero-order chi connectivity index (χ0) is 10.3. The van der Waals surface area contributed by atoms with Gasteiger partial charge in [-0.1, -0.05) is 19.2 Å². The average Bonchev–Trinajstić information content (AvgIpc) is 2.10. The summed E-state index contributed by atoms with van der Waals surface area (Å²) in [6.45, 7) is 7.13. The van der Waals surface area contributed by atoms with E-state index in [-0.39, 0.29) is 0 Å². The Bertz CT molecular complexity index is 275. The Hall–Kier alpha value is -1.77. The third-order valence-electron chi connectivity index (χ3n) is 1.15. The van der Waals surface area contributed by atoms with Crippen LogP contribution in [0, 0.1) is 0 Å². The number of hydrogen-bond acceptors (Lipinski definition) is 3. The zero-order valence-electron chi connectivity index (χ0n) is 7.62. The topological polar surface area (TPSA) is 52.3 Å². The predicted octanol–water partition coefficient (Wildman–Crippen LogP) is 1.30. The summed E-state index contributed by atoms with van der Waals surface area (Å²) >= 11 is 0. The van der Waals surface area contributed by atoms with E-state index in [1.54, 1.807) is 12.2 Å². The molecule has 0 aromatic rings. The van der Waals surface area contributed by atoms with Crippen LogP contribution < -0.4 is 5.73 Å². The highest BCUT2D eigenvalue weighted by molar-refractivity contribution is 5.82. The van der Waals surface area contributed by atoms with Gasteiger partial charge in [-0.2, -0.15) is 0 Å². The van der Waals surface area contributed by atoms with E-state index in [9.17, 15) is 4.79 Å². The minimum absolute atomic E-state index is 0.416. The molecule has 0 saturated carbocycles. The minimum Gasteiger partial charge on any atom is -0.466 e. The monoisotopic (exact) mass is 179 g/mol. The van der Waals surface area contributed by atoms with Crippen LogP contribution in [0.15, 0.2) is 48.7 Å². The summed E-state index contributed by atoms with van der Waals surface area (Å²) in [4.78, 5) is 10.6. The van der Waals surface area contributed by atoms with Crippen LogP contribution in [0.2, 0.25) is 0 Å². The van der Waals surface area contributed by atoms with E-state index in [0.717, 1.165) is 0 Å². The number of nitrogens with two attached hydrogens (primary N) is 1.